The topological polar surface area (TPSA) is 117 Å². The standard InChI is InChI=1S/C19H18N6OS/c20-10-13-14(24-25-18(13)21)5-3-9-22-11-12-7-8-16(26-12)19-23-15-4-1-2-6-17(15)27-19/h1-2,4,6-8,22H,3,5,9,11H2,(H3,21,24,25). The van der Waals surface area contributed by atoms with E-state index in [-0.39, 0.29) is 5.82 Å². The highest BCUT2D eigenvalue weighted by atomic mass is 32.1. The van der Waals surface area contributed by atoms with Gasteiger partial charge in [0, 0.05) is 0 Å². The zero-order valence-electron chi connectivity index (χ0n) is 14.5. The quantitative estimate of drug-likeness (QED) is 0.424. The first-order chi connectivity index (χ1) is 13.2. The lowest BCUT2D eigenvalue weighted by Crippen LogP contribution is -2.15. The largest absolute Gasteiger partial charge is 0.457 e. The van der Waals surface area contributed by atoms with E-state index in [1.54, 1.807) is 11.3 Å². The number of aromatic nitrogens is 3. The summed E-state index contributed by atoms with van der Waals surface area (Å²) in [6, 6.07) is 14.1. The summed E-state index contributed by atoms with van der Waals surface area (Å²) < 4.78 is 7.07. The Labute approximate surface area is 159 Å². The summed E-state index contributed by atoms with van der Waals surface area (Å²) in [6.07, 6.45) is 1.58. The number of H-pyrrole nitrogens is 1. The molecule has 1 aromatic carbocycles. The lowest BCUT2D eigenvalue weighted by molar-refractivity contribution is 0.491. The SMILES string of the molecule is N#Cc1c(N)n[nH]c1CCCNCc1ccc(-c2nc3ccccc3s2)o1. The van der Waals surface area contributed by atoms with Gasteiger partial charge < -0.3 is 15.5 Å². The number of fused-ring (bicyclic) bond motifs is 1. The summed E-state index contributed by atoms with van der Waals surface area (Å²) in [6.45, 7) is 1.43. The summed E-state index contributed by atoms with van der Waals surface area (Å²) in [5.41, 5.74) is 7.86. The van der Waals surface area contributed by atoms with E-state index in [2.05, 4.69) is 32.6 Å². The van der Waals surface area contributed by atoms with Gasteiger partial charge in [-0.3, -0.25) is 5.10 Å². The fourth-order valence-corrected chi connectivity index (χ4v) is 3.79. The molecule has 0 bridgehead atoms. The van der Waals surface area contributed by atoms with Gasteiger partial charge in [-0.05, 0) is 43.7 Å². The van der Waals surface area contributed by atoms with Gasteiger partial charge in [0.2, 0.25) is 0 Å². The number of hydrogen-bond donors (Lipinski definition) is 3. The Morgan fingerprint density at radius 3 is 3.00 bits per heavy atom. The number of nitrogen functional groups attached to an aromatic ring is 1. The molecular weight excluding hydrogens is 360 g/mol. The highest BCUT2D eigenvalue weighted by Crippen LogP contribution is 2.31. The van der Waals surface area contributed by atoms with E-state index < -0.39 is 0 Å². The molecule has 4 aromatic rings. The molecule has 8 heteroatoms. The van der Waals surface area contributed by atoms with E-state index >= 15 is 0 Å². The maximum Gasteiger partial charge on any atom is 0.163 e. The summed E-state index contributed by atoms with van der Waals surface area (Å²) in [7, 11) is 0. The van der Waals surface area contributed by atoms with Gasteiger partial charge in [0.1, 0.15) is 17.4 Å². The number of aryl methyl sites for hydroxylation is 1. The lowest BCUT2D eigenvalue weighted by atomic mass is 10.1. The van der Waals surface area contributed by atoms with Crippen LogP contribution in [0.3, 0.4) is 0 Å². The van der Waals surface area contributed by atoms with Crippen LogP contribution in [0.4, 0.5) is 5.82 Å². The number of nitriles is 1. The van der Waals surface area contributed by atoms with E-state index in [9.17, 15) is 0 Å². The van der Waals surface area contributed by atoms with E-state index in [1.165, 1.54) is 0 Å². The number of rotatable bonds is 7. The third-order valence-corrected chi connectivity index (χ3v) is 5.28. The van der Waals surface area contributed by atoms with Crippen LogP contribution in [0.15, 0.2) is 40.8 Å². The van der Waals surface area contributed by atoms with Crippen molar-refractivity contribution in [3.05, 3.63) is 53.4 Å². The fourth-order valence-electron chi connectivity index (χ4n) is 2.87. The Hall–Kier alpha value is -3.15. The maximum absolute atomic E-state index is 9.06. The Morgan fingerprint density at radius 2 is 2.15 bits per heavy atom. The van der Waals surface area contributed by atoms with E-state index in [0.717, 1.165) is 51.8 Å². The van der Waals surface area contributed by atoms with Crippen molar-refractivity contribution in [1.82, 2.24) is 20.5 Å². The Balaban J connectivity index is 1.29. The molecule has 0 aliphatic rings. The molecule has 0 spiro atoms. The molecule has 4 rings (SSSR count). The van der Waals surface area contributed by atoms with Gasteiger partial charge in [0.25, 0.3) is 0 Å². The molecule has 0 radical (unpaired) electrons. The minimum Gasteiger partial charge on any atom is -0.457 e. The number of nitrogens with one attached hydrogen (secondary N) is 2. The summed E-state index contributed by atoms with van der Waals surface area (Å²) in [4.78, 5) is 4.62. The first kappa shape index (κ1) is 17.3. The van der Waals surface area contributed by atoms with Crippen molar-refractivity contribution in [2.45, 2.75) is 19.4 Å². The van der Waals surface area contributed by atoms with Crippen LogP contribution < -0.4 is 11.1 Å². The zero-order valence-corrected chi connectivity index (χ0v) is 15.3. The minimum atomic E-state index is 0.262. The number of hydrogen-bond acceptors (Lipinski definition) is 7. The van der Waals surface area contributed by atoms with Crippen molar-refractivity contribution in [3.63, 3.8) is 0 Å². The molecule has 0 saturated carbocycles. The Bertz CT molecular complexity index is 1070. The highest BCUT2D eigenvalue weighted by Gasteiger charge is 2.11. The molecule has 0 amide bonds. The molecule has 0 atom stereocenters. The summed E-state index contributed by atoms with van der Waals surface area (Å²) in [5, 5.41) is 20.0. The van der Waals surface area contributed by atoms with Crippen LogP contribution in [0.2, 0.25) is 0 Å². The van der Waals surface area contributed by atoms with E-state index in [0.29, 0.717) is 12.1 Å². The molecule has 27 heavy (non-hydrogen) atoms. The molecule has 0 aliphatic heterocycles. The molecule has 4 N–H and O–H groups in total. The third kappa shape index (κ3) is 3.69. The minimum absolute atomic E-state index is 0.262. The number of benzene rings is 1. The Kier molecular flexibility index (Phi) is 4.87. The smallest absolute Gasteiger partial charge is 0.163 e. The fraction of sp³-hybridized carbons (Fsp3) is 0.211. The molecule has 0 fully saturated rings. The van der Waals surface area contributed by atoms with Crippen molar-refractivity contribution in [2.24, 2.45) is 0 Å². The third-order valence-electron chi connectivity index (χ3n) is 4.23. The van der Waals surface area contributed by atoms with Crippen molar-refractivity contribution in [2.75, 3.05) is 12.3 Å². The Morgan fingerprint density at radius 1 is 1.26 bits per heavy atom. The van der Waals surface area contributed by atoms with Crippen LogP contribution in [-0.2, 0) is 13.0 Å². The molecular formula is C19H18N6OS. The van der Waals surface area contributed by atoms with Gasteiger partial charge in [0.15, 0.2) is 16.6 Å². The predicted octanol–water partition coefficient (Wildman–Crippen LogP) is 3.46. The van der Waals surface area contributed by atoms with Crippen LogP contribution in [0.1, 0.15) is 23.4 Å². The van der Waals surface area contributed by atoms with Gasteiger partial charge in [-0.25, -0.2) is 4.98 Å². The number of nitrogens with two attached hydrogens (primary N) is 1. The average molecular weight is 378 g/mol. The molecule has 3 aromatic heterocycles. The van der Waals surface area contributed by atoms with Gasteiger partial charge in [-0.15, -0.1) is 11.3 Å². The van der Waals surface area contributed by atoms with Gasteiger partial charge in [-0.2, -0.15) is 10.4 Å². The second-order valence-corrected chi connectivity index (χ2v) is 7.14. The summed E-state index contributed by atoms with van der Waals surface area (Å²) >= 11 is 1.63. The number of anilines is 1. The van der Waals surface area contributed by atoms with E-state index in [1.807, 2.05) is 30.3 Å². The van der Waals surface area contributed by atoms with Gasteiger partial charge >= 0.3 is 0 Å². The first-order valence-electron chi connectivity index (χ1n) is 8.63. The van der Waals surface area contributed by atoms with Crippen LogP contribution in [0.25, 0.3) is 21.0 Å². The number of aromatic amines is 1. The molecule has 0 unspecified atom stereocenters. The van der Waals surface area contributed by atoms with E-state index in [4.69, 9.17) is 15.4 Å². The molecule has 7 nitrogen and oxygen atoms in total. The van der Waals surface area contributed by atoms with Crippen LogP contribution >= 0.6 is 11.3 Å². The van der Waals surface area contributed by atoms with Crippen LogP contribution in [0, 0.1) is 11.3 Å². The van der Waals surface area contributed by atoms with Crippen molar-refractivity contribution >= 4 is 27.4 Å². The lowest BCUT2D eigenvalue weighted by Gasteiger charge is -2.02. The number of nitrogens with zero attached hydrogens (tertiary/aromatic N) is 3. The highest BCUT2D eigenvalue weighted by molar-refractivity contribution is 7.21. The second-order valence-electron chi connectivity index (χ2n) is 6.11. The first-order valence-corrected chi connectivity index (χ1v) is 9.44. The van der Waals surface area contributed by atoms with Crippen molar-refractivity contribution < 1.29 is 4.42 Å². The summed E-state index contributed by atoms with van der Waals surface area (Å²) in [5.74, 6) is 1.92. The number of thiazole rings is 1. The number of para-hydroxylation sites is 1. The molecule has 3 heterocycles. The van der Waals surface area contributed by atoms with Crippen LogP contribution in [0.5, 0.6) is 0 Å². The normalized spacial score (nSPS) is 11.1. The molecule has 136 valence electrons. The van der Waals surface area contributed by atoms with Crippen molar-refractivity contribution in [3.8, 4) is 16.8 Å². The van der Waals surface area contributed by atoms with Crippen LogP contribution in [-0.4, -0.2) is 21.7 Å². The van der Waals surface area contributed by atoms with Gasteiger partial charge in [-0.1, -0.05) is 12.1 Å². The van der Waals surface area contributed by atoms with Gasteiger partial charge in [0.05, 0.1) is 22.5 Å². The maximum atomic E-state index is 9.06. The molecule has 0 saturated heterocycles. The second kappa shape index (κ2) is 7.61. The zero-order chi connectivity index (χ0) is 18.6. The number of furan rings is 1. The molecule has 0 aliphatic carbocycles. The predicted molar refractivity (Wildman–Crippen MR) is 105 cm³/mol. The average Bonchev–Trinajstić information content (AvgIpc) is 3.39. The van der Waals surface area contributed by atoms with Crippen molar-refractivity contribution in [1.29, 1.82) is 5.26 Å². The monoisotopic (exact) mass is 378 g/mol.